The Morgan fingerprint density at radius 1 is 1.18 bits per heavy atom. The number of ether oxygens (including phenoxy) is 1. The van der Waals surface area contributed by atoms with E-state index >= 15 is 0 Å². The molecular formula is C17H13ClFNO2. The predicted molar refractivity (Wildman–Crippen MR) is 83.8 cm³/mol. The van der Waals surface area contributed by atoms with Crippen molar-refractivity contribution in [2.45, 2.75) is 6.54 Å². The second-order valence-electron chi connectivity index (χ2n) is 5.26. The van der Waals surface area contributed by atoms with Crippen LogP contribution in [0.1, 0.15) is 5.56 Å². The monoisotopic (exact) mass is 317 g/mol. The van der Waals surface area contributed by atoms with Crippen LogP contribution in [-0.4, -0.2) is 13.2 Å². The maximum absolute atomic E-state index is 13.3. The van der Waals surface area contributed by atoms with Gasteiger partial charge in [-0.05, 0) is 29.8 Å². The smallest absolute Gasteiger partial charge is 0.142 e. The van der Waals surface area contributed by atoms with E-state index in [0.717, 1.165) is 34.4 Å². The van der Waals surface area contributed by atoms with Crippen molar-refractivity contribution in [3.05, 3.63) is 53.0 Å². The van der Waals surface area contributed by atoms with Crippen molar-refractivity contribution in [1.29, 1.82) is 0 Å². The molecule has 0 amide bonds. The van der Waals surface area contributed by atoms with Crippen molar-refractivity contribution in [1.82, 2.24) is 5.32 Å². The highest BCUT2D eigenvalue weighted by atomic mass is 35.5. The molecule has 0 aliphatic carbocycles. The van der Waals surface area contributed by atoms with Crippen molar-refractivity contribution < 1.29 is 13.5 Å². The first-order chi connectivity index (χ1) is 10.7. The number of hydrogen-bond donors (Lipinski definition) is 1. The van der Waals surface area contributed by atoms with Crippen LogP contribution in [0.25, 0.3) is 22.1 Å². The zero-order chi connectivity index (χ0) is 15.1. The van der Waals surface area contributed by atoms with E-state index in [1.165, 1.54) is 12.1 Å². The molecule has 0 fully saturated rings. The van der Waals surface area contributed by atoms with Crippen LogP contribution in [0.3, 0.4) is 0 Å². The lowest BCUT2D eigenvalue weighted by molar-refractivity contribution is 0.326. The Balaban J connectivity index is 1.88. The van der Waals surface area contributed by atoms with Crippen LogP contribution >= 0.6 is 11.6 Å². The number of fused-ring (bicyclic) bond motifs is 2. The number of nitrogens with one attached hydrogen (secondary N) is 1. The van der Waals surface area contributed by atoms with Gasteiger partial charge in [-0.3, -0.25) is 0 Å². The molecule has 0 spiro atoms. The molecule has 22 heavy (non-hydrogen) atoms. The first-order valence-electron chi connectivity index (χ1n) is 7.05. The van der Waals surface area contributed by atoms with E-state index in [4.69, 9.17) is 20.8 Å². The number of hydrogen-bond acceptors (Lipinski definition) is 3. The van der Waals surface area contributed by atoms with Crippen molar-refractivity contribution in [2.24, 2.45) is 0 Å². The molecule has 0 saturated heterocycles. The molecule has 112 valence electrons. The second kappa shape index (κ2) is 5.30. The summed E-state index contributed by atoms with van der Waals surface area (Å²) in [6.45, 7) is 2.08. The summed E-state index contributed by atoms with van der Waals surface area (Å²) in [6.07, 6.45) is 1.63. The van der Waals surface area contributed by atoms with Crippen LogP contribution in [-0.2, 0) is 6.54 Å². The first-order valence-corrected chi connectivity index (χ1v) is 7.43. The molecular weight excluding hydrogens is 305 g/mol. The molecule has 0 unspecified atom stereocenters. The van der Waals surface area contributed by atoms with Crippen LogP contribution < -0.4 is 10.1 Å². The van der Waals surface area contributed by atoms with Gasteiger partial charge in [-0.15, -0.1) is 0 Å². The van der Waals surface area contributed by atoms with Gasteiger partial charge in [0.2, 0.25) is 0 Å². The van der Waals surface area contributed by atoms with Gasteiger partial charge < -0.3 is 14.5 Å². The Labute approximate surface area is 131 Å². The predicted octanol–water partition coefficient (Wildman–Crippen LogP) is 4.37. The van der Waals surface area contributed by atoms with Crippen LogP contribution in [0.15, 0.2) is 41.0 Å². The summed E-state index contributed by atoms with van der Waals surface area (Å²) in [5, 5.41) is 4.73. The summed E-state index contributed by atoms with van der Waals surface area (Å²) in [6, 6.07) is 8.43. The Bertz CT molecular complexity index is 859. The van der Waals surface area contributed by atoms with Gasteiger partial charge in [0, 0.05) is 35.7 Å². The Kier molecular flexibility index (Phi) is 3.28. The average Bonchev–Trinajstić information content (AvgIpc) is 2.75. The van der Waals surface area contributed by atoms with Gasteiger partial charge in [0.25, 0.3) is 0 Å². The van der Waals surface area contributed by atoms with Gasteiger partial charge in [0.05, 0.1) is 11.3 Å². The topological polar surface area (TPSA) is 34.4 Å². The summed E-state index contributed by atoms with van der Waals surface area (Å²) in [7, 11) is 0. The van der Waals surface area contributed by atoms with Crippen LogP contribution in [0.4, 0.5) is 4.39 Å². The average molecular weight is 318 g/mol. The molecule has 1 aliphatic heterocycles. The number of benzene rings is 2. The molecule has 1 N–H and O–H groups in total. The third-order valence-electron chi connectivity index (χ3n) is 3.81. The van der Waals surface area contributed by atoms with E-state index in [1.807, 2.05) is 12.1 Å². The Morgan fingerprint density at radius 3 is 3.00 bits per heavy atom. The molecule has 3 nitrogen and oxygen atoms in total. The highest BCUT2D eigenvalue weighted by molar-refractivity contribution is 6.32. The molecule has 0 atom stereocenters. The standard InChI is InChI=1S/C17H13ClFNO2/c18-15-6-10(5-11-8-20-3-4-21-17(11)15)14-9-22-16-7-12(19)1-2-13(14)16/h1-2,5-7,9,20H,3-4,8H2. The lowest BCUT2D eigenvalue weighted by Gasteiger charge is -2.11. The zero-order valence-corrected chi connectivity index (χ0v) is 12.4. The van der Waals surface area contributed by atoms with Crippen molar-refractivity contribution in [3.8, 4) is 16.9 Å². The highest BCUT2D eigenvalue weighted by Crippen LogP contribution is 2.38. The fourth-order valence-corrected chi connectivity index (χ4v) is 3.07. The molecule has 5 heteroatoms. The van der Waals surface area contributed by atoms with E-state index < -0.39 is 0 Å². The van der Waals surface area contributed by atoms with Gasteiger partial charge in [-0.1, -0.05) is 11.6 Å². The van der Waals surface area contributed by atoms with Gasteiger partial charge in [-0.25, -0.2) is 4.39 Å². The molecule has 0 radical (unpaired) electrons. The van der Waals surface area contributed by atoms with Crippen molar-refractivity contribution >= 4 is 22.6 Å². The second-order valence-corrected chi connectivity index (χ2v) is 5.67. The van der Waals surface area contributed by atoms with Gasteiger partial charge >= 0.3 is 0 Å². The maximum atomic E-state index is 13.3. The molecule has 2 heterocycles. The maximum Gasteiger partial charge on any atom is 0.142 e. The number of rotatable bonds is 1. The van der Waals surface area contributed by atoms with E-state index in [0.29, 0.717) is 23.8 Å². The number of halogens is 2. The minimum atomic E-state index is -0.314. The summed E-state index contributed by atoms with van der Waals surface area (Å²) in [5.74, 6) is 0.417. The SMILES string of the molecule is Fc1ccc2c(-c3cc(Cl)c4c(c3)CNCCO4)coc2c1. The lowest BCUT2D eigenvalue weighted by Crippen LogP contribution is -2.16. The third kappa shape index (κ3) is 2.25. The summed E-state index contributed by atoms with van der Waals surface area (Å²) in [4.78, 5) is 0. The van der Waals surface area contributed by atoms with Crippen molar-refractivity contribution in [2.75, 3.05) is 13.2 Å². The number of furan rings is 1. The molecule has 3 aromatic rings. The third-order valence-corrected chi connectivity index (χ3v) is 4.09. The van der Waals surface area contributed by atoms with Crippen LogP contribution in [0.5, 0.6) is 5.75 Å². The van der Waals surface area contributed by atoms with Crippen molar-refractivity contribution in [3.63, 3.8) is 0 Å². The minimum absolute atomic E-state index is 0.314. The lowest BCUT2D eigenvalue weighted by atomic mass is 10.0. The van der Waals surface area contributed by atoms with Crippen LogP contribution in [0.2, 0.25) is 5.02 Å². The fraction of sp³-hybridized carbons (Fsp3) is 0.176. The molecule has 0 saturated carbocycles. The molecule has 2 aromatic carbocycles. The largest absolute Gasteiger partial charge is 0.490 e. The van der Waals surface area contributed by atoms with Crippen LogP contribution in [0, 0.1) is 5.82 Å². The Morgan fingerprint density at radius 2 is 2.09 bits per heavy atom. The molecule has 0 bridgehead atoms. The first kappa shape index (κ1) is 13.6. The van der Waals surface area contributed by atoms with Gasteiger partial charge in [0.15, 0.2) is 0 Å². The van der Waals surface area contributed by atoms with E-state index in [1.54, 1.807) is 12.3 Å². The van der Waals surface area contributed by atoms with Gasteiger partial charge in [-0.2, -0.15) is 0 Å². The normalized spacial score (nSPS) is 14.5. The highest BCUT2D eigenvalue weighted by Gasteiger charge is 2.17. The summed E-state index contributed by atoms with van der Waals surface area (Å²) < 4.78 is 24.4. The summed E-state index contributed by atoms with van der Waals surface area (Å²) >= 11 is 6.37. The molecule has 1 aromatic heterocycles. The zero-order valence-electron chi connectivity index (χ0n) is 11.7. The molecule has 4 rings (SSSR count). The quantitative estimate of drug-likeness (QED) is 0.723. The van der Waals surface area contributed by atoms with E-state index in [-0.39, 0.29) is 5.82 Å². The fourth-order valence-electron chi connectivity index (χ4n) is 2.77. The van der Waals surface area contributed by atoms with Gasteiger partial charge in [0.1, 0.15) is 23.8 Å². The van der Waals surface area contributed by atoms with E-state index in [9.17, 15) is 4.39 Å². The van der Waals surface area contributed by atoms with E-state index in [2.05, 4.69) is 5.32 Å². The minimum Gasteiger partial charge on any atom is -0.490 e. The molecule has 1 aliphatic rings. The summed E-state index contributed by atoms with van der Waals surface area (Å²) in [5.41, 5.74) is 3.36. The Hall–Kier alpha value is -2.04.